The van der Waals surface area contributed by atoms with Gasteiger partial charge < -0.3 is 10.0 Å². The maximum atomic E-state index is 11.7. The van der Waals surface area contributed by atoms with E-state index in [1.165, 1.54) is 19.1 Å². The van der Waals surface area contributed by atoms with Gasteiger partial charge in [-0.25, -0.2) is 9.86 Å². The Balaban J connectivity index is 2.71. The van der Waals surface area contributed by atoms with Crippen LogP contribution in [0.4, 0.5) is 4.79 Å². The number of benzene rings is 1. The van der Waals surface area contributed by atoms with Gasteiger partial charge in [0, 0.05) is 26.1 Å². The molecule has 2 amide bonds. The SMILES string of the molecule is CON(C)C(=O)CC(C)N(Cc1ccccc1)C(=O)O. The Morgan fingerprint density at radius 1 is 1.30 bits per heavy atom. The Bertz CT molecular complexity index is 450. The maximum absolute atomic E-state index is 11.7. The minimum Gasteiger partial charge on any atom is -0.465 e. The monoisotopic (exact) mass is 280 g/mol. The van der Waals surface area contributed by atoms with Crippen molar-refractivity contribution in [2.45, 2.75) is 25.9 Å². The van der Waals surface area contributed by atoms with Crippen LogP contribution >= 0.6 is 0 Å². The molecular formula is C14H20N2O4. The Morgan fingerprint density at radius 3 is 2.40 bits per heavy atom. The van der Waals surface area contributed by atoms with Gasteiger partial charge >= 0.3 is 6.09 Å². The first-order valence-corrected chi connectivity index (χ1v) is 6.29. The lowest BCUT2D eigenvalue weighted by Crippen LogP contribution is -2.40. The van der Waals surface area contributed by atoms with Crippen molar-refractivity contribution in [3.8, 4) is 0 Å². The molecule has 1 N–H and O–H groups in total. The van der Waals surface area contributed by atoms with E-state index in [9.17, 15) is 14.7 Å². The molecule has 0 saturated carbocycles. The zero-order valence-corrected chi connectivity index (χ0v) is 11.9. The fourth-order valence-corrected chi connectivity index (χ4v) is 1.79. The van der Waals surface area contributed by atoms with E-state index in [2.05, 4.69) is 0 Å². The highest BCUT2D eigenvalue weighted by Gasteiger charge is 2.23. The second-order valence-corrected chi connectivity index (χ2v) is 4.52. The molecule has 1 aromatic carbocycles. The second-order valence-electron chi connectivity index (χ2n) is 4.52. The van der Waals surface area contributed by atoms with Crippen molar-refractivity contribution in [1.82, 2.24) is 9.96 Å². The molecular weight excluding hydrogens is 260 g/mol. The lowest BCUT2D eigenvalue weighted by molar-refractivity contribution is -0.169. The number of hydrogen-bond donors (Lipinski definition) is 1. The topological polar surface area (TPSA) is 70.1 Å². The summed E-state index contributed by atoms with van der Waals surface area (Å²) >= 11 is 0. The minimum absolute atomic E-state index is 0.0729. The number of carbonyl (C=O) groups excluding carboxylic acids is 1. The second kappa shape index (κ2) is 7.49. The van der Waals surface area contributed by atoms with E-state index in [1.807, 2.05) is 30.3 Å². The van der Waals surface area contributed by atoms with Crippen LogP contribution in [0, 0.1) is 0 Å². The molecule has 20 heavy (non-hydrogen) atoms. The molecule has 1 aromatic rings. The number of carbonyl (C=O) groups is 2. The van der Waals surface area contributed by atoms with Crippen LogP contribution in [-0.4, -0.2) is 47.3 Å². The summed E-state index contributed by atoms with van der Waals surface area (Å²) in [6.45, 7) is 1.96. The Kier molecular flexibility index (Phi) is 5.99. The number of carboxylic acid groups (broad SMARTS) is 1. The molecule has 0 radical (unpaired) electrons. The first kappa shape index (κ1) is 16.0. The van der Waals surface area contributed by atoms with Crippen LogP contribution in [0.1, 0.15) is 18.9 Å². The summed E-state index contributed by atoms with van der Waals surface area (Å²) in [5.74, 6) is -0.265. The summed E-state index contributed by atoms with van der Waals surface area (Å²) in [5, 5.41) is 10.4. The predicted molar refractivity (Wildman–Crippen MR) is 73.9 cm³/mol. The summed E-state index contributed by atoms with van der Waals surface area (Å²) < 4.78 is 0. The van der Waals surface area contributed by atoms with Gasteiger partial charge in [-0.05, 0) is 12.5 Å². The van der Waals surface area contributed by atoms with E-state index in [0.717, 1.165) is 10.6 Å². The molecule has 1 unspecified atom stereocenters. The Morgan fingerprint density at radius 2 is 1.90 bits per heavy atom. The van der Waals surface area contributed by atoms with Crippen molar-refractivity contribution in [1.29, 1.82) is 0 Å². The Hall–Kier alpha value is -2.08. The largest absolute Gasteiger partial charge is 0.465 e. The standard InChI is InChI=1S/C14H20N2O4/c1-11(9-13(17)15(2)20-3)16(14(18)19)10-12-7-5-4-6-8-12/h4-8,11H,9-10H2,1-3H3,(H,18,19). The van der Waals surface area contributed by atoms with Gasteiger partial charge in [-0.2, -0.15) is 0 Å². The fraction of sp³-hybridized carbons (Fsp3) is 0.429. The normalized spacial score (nSPS) is 11.8. The molecule has 6 heteroatoms. The predicted octanol–water partition coefficient (Wildman–Crippen LogP) is 1.96. The van der Waals surface area contributed by atoms with Crippen molar-refractivity contribution >= 4 is 12.0 Å². The van der Waals surface area contributed by atoms with Crippen molar-refractivity contribution in [2.24, 2.45) is 0 Å². The third-order valence-electron chi connectivity index (χ3n) is 3.07. The molecule has 1 atom stereocenters. The summed E-state index contributed by atoms with van der Waals surface area (Å²) in [4.78, 5) is 29.1. The third-order valence-corrected chi connectivity index (χ3v) is 3.07. The van der Waals surface area contributed by atoms with Crippen molar-refractivity contribution in [2.75, 3.05) is 14.2 Å². The molecule has 0 bridgehead atoms. The van der Waals surface area contributed by atoms with Crippen LogP contribution in [0.15, 0.2) is 30.3 Å². The highest BCUT2D eigenvalue weighted by molar-refractivity contribution is 5.76. The van der Waals surface area contributed by atoms with Crippen LogP contribution in [-0.2, 0) is 16.2 Å². The zero-order valence-electron chi connectivity index (χ0n) is 11.9. The molecule has 0 aliphatic carbocycles. The van der Waals surface area contributed by atoms with E-state index in [4.69, 9.17) is 4.84 Å². The van der Waals surface area contributed by atoms with Gasteiger partial charge in [0.1, 0.15) is 0 Å². The van der Waals surface area contributed by atoms with E-state index in [-0.39, 0.29) is 18.9 Å². The average molecular weight is 280 g/mol. The van der Waals surface area contributed by atoms with Crippen LogP contribution in [0.5, 0.6) is 0 Å². The van der Waals surface area contributed by atoms with Gasteiger partial charge in [-0.3, -0.25) is 9.63 Å². The summed E-state index contributed by atoms with van der Waals surface area (Å²) in [6.07, 6.45) is -0.974. The van der Waals surface area contributed by atoms with Crippen molar-refractivity contribution < 1.29 is 19.5 Å². The lowest BCUT2D eigenvalue weighted by Gasteiger charge is -2.27. The average Bonchev–Trinajstić information content (AvgIpc) is 2.44. The zero-order chi connectivity index (χ0) is 15.1. The van der Waals surface area contributed by atoms with Crippen molar-refractivity contribution in [3.63, 3.8) is 0 Å². The number of hydroxylamine groups is 2. The third kappa shape index (κ3) is 4.55. The maximum Gasteiger partial charge on any atom is 0.407 e. The summed E-state index contributed by atoms with van der Waals surface area (Å²) in [5.41, 5.74) is 0.884. The molecule has 6 nitrogen and oxygen atoms in total. The number of amides is 2. The van der Waals surface area contributed by atoms with Crippen LogP contribution < -0.4 is 0 Å². The summed E-state index contributed by atoms with van der Waals surface area (Å²) in [7, 11) is 2.89. The quantitative estimate of drug-likeness (QED) is 0.809. The number of hydrogen-bond acceptors (Lipinski definition) is 3. The van der Waals surface area contributed by atoms with Gasteiger partial charge in [-0.15, -0.1) is 0 Å². The first-order chi connectivity index (χ1) is 9.45. The molecule has 0 saturated heterocycles. The van der Waals surface area contributed by atoms with Gasteiger partial charge in [0.15, 0.2) is 0 Å². The van der Waals surface area contributed by atoms with E-state index in [0.29, 0.717) is 0 Å². The van der Waals surface area contributed by atoms with Crippen LogP contribution in [0.2, 0.25) is 0 Å². The van der Waals surface area contributed by atoms with Gasteiger partial charge in [0.25, 0.3) is 0 Å². The number of rotatable bonds is 6. The highest BCUT2D eigenvalue weighted by Crippen LogP contribution is 2.12. The lowest BCUT2D eigenvalue weighted by atomic mass is 10.1. The molecule has 0 aliphatic rings. The number of nitrogens with zero attached hydrogens (tertiary/aromatic N) is 2. The molecule has 1 rings (SSSR count). The molecule has 0 aromatic heterocycles. The van der Waals surface area contributed by atoms with Crippen molar-refractivity contribution in [3.05, 3.63) is 35.9 Å². The Labute approximate surface area is 118 Å². The molecule has 110 valence electrons. The first-order valence-electron chi connectivity index (χ1n) is 6.29. The molecule has 0 heterocycles. The van der Waals surface area contributed by atoms with Crippen LogP contribution in [0.25, 0.3) is 0 Å². The fourth-order valence-electron chi connectivity index (χ4n) is 1.79. The van der Waals surface area contributed by atoms with E-state index in [1.54, 1.807) is 6.92 Å². The van der Waals surface area contributed by atoms with Gasteiger partial charge in [0.05, 0.1) is 7.11 Å². The van der Waals surface area contributed by atoms with E-state index < -0.39 is 12.1 Å². The van der Waals surface area contributed by atoms with Crippen LogP contribution in [0.3, 0.4) is 0 Å². The minimum atomic E-state index is -1.05. The smallest absolute Gasteiger partial charge is 0.407 e. The summed E-state index contributed by atoms with van der Waals surface area (Å²) in [6, 6.07) is 8.85. The molecule has 0 fully saturated rings. The molecule has 0 spiro atoms. The van der Waals surface area contributed by atoms with Gasteiger partial charge in [0.2, 0.25) is 5.91 Å². The highest BCUT2D eigenvalue weighted by atomic mass is 16.7. The van der Waals surface area contributed by atoms with Gasteiger partial charge in [-0.1, -0.05) is 30.3 Å². The van der Waals surface area contributed by atoms with E-state index >= 15 is 0 Å². The molecule has 0 aliphatic heterocycles.